The van der Waals surface area contributed by atoms with Crippen LogP contribution in [0.15, 0.2) is 64.5 Å². The molecule has 0 bridgehead atoms. The second kappa shape index (κ2) is 11.1. The van der Waals surface area contributed by atoms with E-state index in [0.717, 1.165) is 0 Å². The zero-order valence-electron chi connectivity index (χ0n) is 18.6. The van der Waals surface area contributed by atoms with Crippen LogP contribution < -0.4 is 10.1 Å². The summed E-state index contributed by atoms with van der Waals surface area (Å²) in [5, 5.41) is 10.6. The van der Waals surface area contributed by atoms with Crippen molar-refractivity contribution in [1.29, 1.82) is 0 Å². The lowest BCUT2D eigenvalue weighted by Crippen LogP contribution is -2.50. The van der Waals surface area contributed by atoms with Gasteiger partial charge in [-0.25, -0.2) is 13.4 Å². The number of sulfone groups is 1. The SMILES string of the molecule is O=C(NCC(F)(F)F)[C@@]1(CCS(=O)(=O)c2ccccc2)COC(c2ccc(OCCCO)cc2)=N1. The van der Waals surface area contributed by atoms with Gasteiger partial charge in [0.25, 0.3) is 5.91 Å². The van der Waals surface area contributed by atoms with Crippen LogP contribution in [0, 0.1) is 0 Å². The zero-order chi connectivity index (χ0) is 25.5. The molecule has 1 amide bonds. The third-order valence-electron chi connectivity index (χ3n) is 5.19. The van der Waals surface area contributed by atoms with Crippen molar-refractivity contribution in [2.75, 3.05) is 32.1 Å². The van der Waals surface area contributed by atoms with E-state index in [1.165, 1.54) is 12.1 Å². The van der Waals surface area contributed by atoms with Crippen molar-refractivity contribution in [2.45, 2.75) is 29.5 Å². The van der Waals surface area contributed by atoms with Gasteiger partial charge in [0.15, 0.2) is 15.4 Å². The third-order valence-corrected chi connectivity index (χ3v) is 6.93. The summed E-state index contributed by atoms with van der Waals surface area (Å²) in [7, 11) is -3.82. The Kier molecular flexibility index (Phi) is 8.39. The summed E-state index contributed by atoms with van der Waals surface area (Å²) in [5.74, 6) is -1.07. The number of hydrogen-bond acceptors (Lipinski definition) is 7. The maximum absolute atomic E-state index is 12.8. The zero-order valence-corrected chi connectivity index (χ0v) is 19.4. The molecule has 1 heterocycles. The fourth-order valence-corrected chi connectivity index (χ4v) is 4.71. The van der Waals surface area contributed by atoms with Crippen LogP contribution in [0.5, 0.6) is 5.75 Å². The lowest BCUT2D eigenvalue weighted by molar-refractivity contribution is -0.141. The van der Waals surface area contributed by atoms with Crippen LogP contribution in [-0.4, -0.2) is 69.2 Å². The maximum Gasteiger partial charge on any atom is 0.405 e. The summed E-state index contributed by atoms with van der Waals surface area (Å²) in [6.07, 6.45) is -4.57. The molecule has 2 aromatic rings. The van der Waals surface area contributed by atoms with Crippen molar-refractivity contribution in [1.82, 2.24) is 5.32 Å². The Labute approximate surface area is 200 Å². The summed E-state index contributed by atoms with van der Waals surface area (Å²) in [5.41, 5.74) is -1.41. The molecule has 0 aliphatic carbocycles. The number of amides is 1. The number of carbonyl (C=O) groups excluding carboxylic acids is 1. The minimum Gasteiger partial charge on any atom is -0.494 e. The number of hydrogen-bond donors (Lipinski definition) is 2. The van der Waals surface area contributed by atoms with Gasteiger partial charge >= 0.3 is 6.18 Å². The van der Waals surface area contributed by atoms with Crippen molar-refractivity contribution in [3.8, 4) is 5.75 Å². The largest absolute Gasteiger partial charge is 0.494 e. The molecule has 35 heavy (non-hydrogen) atoms. The average Bonchev–Trinajstić information content (AvgIpc) is 3.28. The van der Waals surface area contributed by atoms with Gasteiger partial charge in [0.2, 0.25) is 5.90 Å². The van der Waals surface area contributed by atoms with E-state index in [0.29, 0.717) is 24.3 Å². The van der Waals surface area contributed by atoms with Crippen molar-refractivity contribution < 1.29 is 41.0 Å². The summed E-state index contributed by atoms with van der Waals surface area (Å²) in [6.45, 7) is -1.69. The van der Waals surface area contributed by atoms with Gasteiger partial charge in [0.05, 0.1) is 17.3 Å². The number of halogens is 3. The van der Waals surface area contributed by atoms with Gasteiger partial charge < -0.3 is 19.9 Å². The van der Waals surface area contributed by atoms with Crippen LogP contribution in [0.1, 0.15) is 18.4 Å². The summed E-state index contributed by atoms with van der Waals surface area (Å²) < 4.78 is 74.6. The number of benzene rings is 2. The van der Waals surface area contributed by atoms with Gasteiger partial charge in [-0.2, -0.15) is 13.2 Å². The molecule has 0 fully saturated rings. The first-order valence-corrected chi connectivity index (χ1v) is 12.4. The molecule has 2 N–H and O–H groups in total. The summed E-state index contributed by atoms with van der Waals surface area (Å²) in [6, 6.07) is 14.0. The molecule has 0 saturated carbocycles. The quantitative estimate of drug-likeness (QED) is 0.446. The van der Waals surface area contributed by atoms with Gasteiger partial charge in [0, 0.05) is 18.6 Å². The minimum absolute atomic E-state index is 0.00572. The second-order valence-electron chi connectivity index (χ2n) is 7.87. The topological polar surface area (TPSA) is 114 Å². The molecule has 0 aromatic heterocycles. The average molecular weight is 515 g/mol. The van der Waals surface area contributed by atoms with Crippen LogP contribution in [0.3, 0.4) is 0 Å². The normalized spacial score (nSPS) is 18.0. The molecule has 190 valence electrons. The highest BCUT2D eigenvalue weighted by atomic mass is 32.2. The predicted molar refractivity (Wildman–Crippen MR) is 121 cm³/mol. The Morgan fingerprint density at radius 2 is 1.83 bits per heavy atom. The lowest BCUT2D eigenvalue weighted by Gasteiger charge is -2.23. The van der Waals surface area contributed by atoms with E-state index in [1.54, 1.807) is 47.8 Å². The fraction of sp³-hybridized carbons (Fsp3) is 0.391. The molecule has 0 unspecified atom stereocenters. The van der Waals surface area contributed by atoms with E-state index >= 15 is 0 Å². The summed E-state index contributed by atoms with van der Waals surface area (Å²) in [4.78, 5) is 17.1. The molecule has 1 atom stereocenters. The molecule has 0 radical (unpaired) electrons. The number of carbonyl (C=O) groups is 1. The van der Waals surface area contributed by atoms with Gasteiger partial charge in [-0.1, -0.05) is 18.2 Å². The number of nitrogens with zero attached hydrogens (tertiary/aromatic N) is 1. The molecule has 3 rings (SSSR count). The highest BCUT2D eigenvalue weighted by Gasteiger charge is 2.46. The minimum atomic E-state index is -4.65. The smallest absolute Gasteiger partial charge is 0.405 e. The molecule has 1 aliphatic rings. The number of alkyl halides is 3. The van der Waals surface area contributed by atoms with Crippen LogP contribution in [0.4, 0.5) is 13.2 Å². The number of aliphatic hydroxyl groups excluding tert-OH is 1. The molecular weight excluding hydrogens is 489 g/mol. The third kappa shape index (κ3) is 7.18. The number of nitrogens with one attached hydrogen (secondary N) is 1. The van der Waals surface area contributed by atoms with E-state index in [-0.39, 0.29) is 23.8 Å². The standard InChI is InChI=1S/C23H25F3N2O6S/c24-23(25,26)15-27-21(30)22(11-14-35(31,32)19-5-2-1-3-6-19)16-34-20(28-22)17-7-9-18(10-8-17)33-13-4-12-29/h1-3,5-10,29H,4,11-16H2,(H,27,30)/t22-/m1/s1. The summed E-state index contributed by atoms with van der Waals surface area (Å²) >= 11 is 0. The van der Waals surface area contributed by atoms with Crippen molar-refractivity contribution in [3.05, 3.63) is 60.2 Å². The Bertz CT molecular complexity index is 1140. The molecule has 0 saturated heterocycles. The molecular formula is C23H25F3N2O6S. The first kappa shape index (κ1) is 26.5. The van der Waals surface area contributed by atoms with Gasteiger partial charge in [-0.3, -0.25) is 4.79 Å². The molecule has 12 heteroatoms. The number of ether oxygens (including phenoxy) is 2. The monoisotopic (exact) mass is 514 g/mol. The molecule has 0 spiro atoms. The highest BCUT2D eigenvalue weighted by molar-refractivity contribution is 7.91. The maximum atomic E-state index is 12.8. The predicted octanol–water partition coefficient (Wildman–Crippen LogP) is 2.51. The number of aliphatic imine (C=N–C) groups is 1. The molecule has 2 aromatic carbocycles. The van der Waals surface area contributed by atoms with Crippen LogP contribution in [0.25, 0.3) is 0 Å². The van der Waals surface area contributed by atoms with E-state index < -0.39 is 46.4 Å². The highest BCUT2D eigenvalue weighted by Crippen LogP contribution is 2.29. The van der Waals surface area contributed by atoms with Gasteiger partial charge in [-0.15, -0.1) is 0 Å². The van der Waals surface area contributed by atoms with Crippen LogP contribution in [0.2, 0.25) is 0 Å². The van der Waals surface area contributed by atoms with Crippen molar-refractivity contribution in [2.24, 2.45) is 4.99 Å². The first-order chi connectivity index (χ1) is 16.5. The van der Waals surface area contributed by atoms with Gasteiger partial charge in [0.1, 0.15) is 18.9 Å². The van der Waals surface area contributed by atoms with Crippen LogP contribution in [-0.2, 0) is 19.4 Å². The van der Waals surface area contributed by atoms with Gasteiger partial charge in [-0.05, 0) is 42.8 Å². The Hall–Kier alpha value is -3.12. The van der Waals surface area contributed by atoms with Crippen LogP contribution >= 0.6 is 0 Å². The van der Waals surface area contributed by atoms with E-state index in [1.807, 2.05) is 0 Å². The number of rotatable bonds is 11. The molecule has 1 aliphatic heterocycles. The van der Waals surface area contributed by atoms with E-state index in [9.17, 15) is 26.4 Å². The lowest BCUT2D eigenvalue weighted by atomic mass is 9.97. The molecule has 8 nitrogen and oxygen atoms in total. The van der Waals surface area contributed by atoms with Crippen molar-refractivity contribution >= 4 is 21.6 Å². The number of aliphatic hydroxyl groups is 1. The fourth-order valence-electron chi connectivity index (χ4n) is 3.29. The Balaban J connectivity index is 1.82. The van der Waals surface area contributed by atoms with E-state index in [2.05, 4.69) is 4.99 Å². The van der Waals surface area contributed by atoms with Crippen molar-refractivity contribution in [3.63, 3.8) is 0 Å². The van der Waals surface area contributed by atoms with E-state index in [4.69, 9.17) is 14.6 Å². The first-order valence-electron chi connectivity index (χ1n) is 10.7. The second-order valence-corrected chi connectivity index (χ2v) is 9.98. The Morgan fingerprint density at radius 3 is 2.46 bits per heavy atom. The Morgan fingerprint density at radius 1 is 1.14 bits per heavy atom.